The highest BCUT2D eigenvalue weighted by Crippen LogP contribution is 2.37. The van der Waals surface area contributed by atoms with Crippen LogP contribution in [0.3, 0.4) is 0 Å². The summed E-state index contributed by atoms with van der Waals surface area (Å²) >= 11 is 1.16. The Morgan fingerprint density at radius 3 is 2.58 bits per heavy atom. The molecule has 4 nitrogen and oxygen atoms in total. The van der Waals surface area contributed by atoms with Crippen LogP contribution in [0.5, 0.6) is 0 Å². The first-order chi connectivity index (χ1) is 14.5. The zero-order valence-corrected chi connectivity index (χ0v) is 17.1. The smallest absolute Gasteiger partial charge is 0.335 e. The molecule has 1 fully saturated rings. The van der Waals surface area contributed by atoms with Crippen LogP contribution in [-0.2, 0) is 17.5 Å². The van der Waals surface area contributed by atoms with Gasteiger partial charge in [-0.15, -0.1) is 11.3 Å². The first-order valence-corrected chi connectivity index (χ1v) is 10.3. The van der Waals surface area contributed by atoms with E-state index >= 15 is 0 Å². The Balaban J connectivity index is 1.69. The van der Waals surface area contributed by atoms with Crippen molar-refractivity contribution in [3.8, 4) is 11.1 Å². The number of hydrogen-bond acceptors (Lipinski definition) is 3. The van der Waals surface area contributed by atoms with Crippen LogP contribution >= 0.6 is 11.3 Å². The lowest BCUT2D eigenvalue weighted by atomic mass is 9.93. The van der Waals surface area contributed by atoms with E-state index in [1.807, 2.05) is 0 Å². The van der Waals surface area contributed by atoms with Crippen LogP contribution in [0.15, 0.2) is 40.6 Å². The Bertz CT molecular complexity index is 1220. The highest BCUT2D eigenvalue weighted by atomic mass is 32.1. The maximum atomic E-state index is 14.0. The fourth-order valence-corrected chi connectivity index (χ4v) is 4.57. The van der Waals surface area contributed by atoms with Gasteiger partial charge >= 0.3 is 6.18 Å². The normalized spacial score (nSPS) is 15.9. The molecule has 10 heteroatoms. The molecule has 3 aromatic rings. The average Bonchev–Trinajstić information content (AvgIpc) is 3.12. The molecule has 31 heavy (non-hydrogen) atoms. The standard InChI is InChI=1S/C21H17F5N2O2S/c1-2-20(23)10-28(11-20)17(29)8-27-6-5-16-18(19(27)30)13(9-31-16)12-3-4-15(22)14(7-12)21(24,25)26/h3-7,9H,2,8,10-11H2,1H3. The first kappa shape index (κ1) is 21.5. The predicted octanol–water partition coefficient (Wildman–Crippen LogP) is 4.85. The summed E-state index contributed by atoms with van der Waals surface area (Å²) in [4.78, 5) is 26.7. The summed E-state index contributed by atoms with van der Waals surface area (Å²) in [6.07, 6.45) is -3.16. The van der Waals surface area contributed by atoms with Gasteiger partial charge in [-0.25, -0.2) is 8.78 Å². The fourth-order valence-electron chi connectivity index (χ4n) is 3.62. The second kappa shape index (κ2) is 7.44. The maximum Gasteiger partial charge on any atom is 0.419 e. The molecule has 1 aromatic carbocycles. The third-order valence-corrected chi connectivity index (χ3v) is 6.47. The molecule has 0 N–H and O–H groups in total. The number of alkyl halides is 4. The molecule has 0 spiro atoms. The predicted molar refractivity (Wildman–Crippen MR) is 107 cm³/mol. The number of benzene rings is 1. The molecule has 0 aliphatic carbocycles. The monoisotopic (exact) mass is 456 g/mol. The highest BCUT2D eigenvalue weighted by molar-refractivity contribution is 7.17. The van der Waals surface area contributed by atoms with E-state index in [1.54, 1.807) is 13.0 Å². The van der Waals surface area contributed by atoms with Gasteiger partial charge in [-0.1, -0.05) is 13.0 Å². The van der Waals surface area contributed by atoms with Crippen LogP contribution in [0, 0.1) is 5.82 Å². The molecule has 1 aliphatic rings. The number of fused-ring (bicyclic) bond motifs is 1. The summed E-state index contributed by atoms with van der Waals surface area (Å²) in [5.41, 5.74) is -3.09. The Labute approximate surface area is 177 Å². The lowest BCUT2D eigenvalue weighted by molar-refractivity contribution is -0.146. The van der Waals surface area contributed by atoms with Crippen molar-refractivity contribution in [2.75, 3.05) is 13.1 Å². The molecule has 0 unspecified atom stereocenters. The number of thiophene rings is 1. The summed E-state index contributed by atoms with van der Waals surface area (Å²) in [6.45, 7) is 1.33. The van der Waals surface area contributed by atoms with E-state index in [-0.39, 0.29) is 36.1 Å². The molecule has 4 rings (SSSR count). The lowest BCUT2D eigenvalue weighted by Crippen LogP contribution is -2.61. The van der Waals surface area contributed by atoms with E-state index < -0.39 is 34.7 Å². The molecule has 1 aliphatic heterocycles. The summed E-state index contributed by atoms with van der Waals surface area (Å²) in [6, 6.07) is 4.16. The van der Waals surface area contributed by atoms with E-state index in [9.17, 15) is 31.5 Å². The molecule has 0 saturated carbocycles. The number of nitrogens with zero attached hydrogens (tertiary/aromatic N) is 2. The van der Waals surface area contributed by atoms with Gasteiger partial charge in [-0.2, -0.15) is 13.2 Å². The van der Waals surface area contributed by atoms with E-state index in [2.05, 4.69) is 0 Å². The van der Waals surface area contributed by atoms with Gasteiger partial charge in [0.15, 0.2) is 0 Å². The van der Waals surface area contributed by atoms with Crippen molar-refractivity contribution in [1.29, 1.82) is 0 Å². The van der Waals surface area contributed by atoms with Crippen LogP contribution in [0.2, 0.25) is 0 Å². The largest absolute Gasteiger partial charge is 0.419 e. The number of hydrogen-bond donors (Lipinski definition) is 0. The summed E-state index contributed by atoms with van der Waals surface area (Å²) in [5, 5.41) is 1.68. The number of carbonyl (C=O) groups excluding carboxylic acids is 1. The van der Waals surface area contributed by atoms with Crippen molar-refractivity contribution in [1.82, 2.24) is 9.47 Å². The second-order valence-electron chi connectivity index (χ2n) is 7.58. The average molecular weight is 456 g/mol. The third-order valence-electron chi connectivity index (χ3n) is 5.52. The number of amides is 1. The van der Waals surface area contributed by atoms with Gasteiger partial charge in [-0.3, -0.25) is 9.59 Å². The van der Waals surface area contributed by atoms with Crippen molar-refractivity contribution >= 4 is 27.3 Å². The van der Waals surface area contributed by atoms with Crippen LogP contribution in [0.4, 0.5) is 22.0 Å². The molecule has 0 bridgehead atoms. The summed E-state index contributed by atoms with van der Waals surface area (Å²) in [7, 11) is 0. The van der Waals surface area contributed by atoms with Crippen molar-refractivity contribution in [3.63, 3.8) is 0 Å². The molecular formula is C21H17F5N2O2S. The van der Waals surface area contributed by atoms with Crippen molar-refractivity contribution < 1.29 is 26.7 Å². The van der Waals surface area contributed by atoms with Gasteiger partial charge in [-0.05, 0) is 30.2 Å². The second-order valence-corrected chi connectivity index (χ2v) is 8.50. The van der Waals surface area contributed by atoms with Crippen LogP contribution in [0.1, 0.15) is 18.9 Å². The fraction of sp³-hybridized carbons (Fsp3) is 0.333. The molecule has 3 heterocycles. The number of carbonyl (C=O) groups is 1. The highest BCUT2D eigenvalue weighted by Gasteiger charge is 2.44. The zero-order valence-electron chi connectivity index (χ0n) is 16.3. The van der Waals surface area contributed by atoms with E-state index in [4.69, 9.17) is 0 Å². The molecular weight excluding hydrogens is 439 g/mol. The number of pyridine rings is 1. The number of likely N-dealkylation sites (tertiary alicyclic amines) is 1. The molecule has 1 amide bonds. The van der Waals surface area contributed by atoms with Gasteiger partial charge in [0.05, 0.1) is 24.0 Å². The SMILES string of the molecule is CCC1(F)CN(C(=O)Cn2ccc3scc(-c4ccc(F)c(C(F)(F)F)c4)c3c2=O)C1. The Morgan fingerprint density at radius 1 is 1.23 bits per heavy atom. The third kappa shape index (κ3) is 3.84. The number of aromatic nitrogens is 1. The van der Waals surface area contributed by atoms with Crippen molar-refractivity contribution in [2.45, 2.75) is 31.7 Å². The minimum Gasteiger partial charge on any atom is -0.335 e. The molecule has 1 saturated heterocycles. The van der Waals surface area contributed by atoms with Gasteiger partial charge in [0.2, 0.25) is 5.91 Å². The van der Waals surface area contributed by atoms with Gasteiger partial charge in [0.25, 0.3) is 5.56 Å². The van der Waals surface area contributed by atoms with Crippen molar-refractivity contribution in [2.24, 2.45) is 0 Å². The van der Waals surface area contributed by atoms with Gasteiger partial charge in [0, 0.05) is 21.8 Å². The maximum absolute atomic E-state index is 14.0. The Kier molecular flexibility index (Phi) is 5.15. The van der Waals surface area contributed by atoms with E-state index in [1.165, 1.54) is 22.5 Å². The molecule has 0 radical (unpaired) electrons. The molecule has 0 atom stereocenters. The lowest BCUT2D eigenvalue weighted by Gasteiger charge is -2.44. The number of rotatable bonds is 4. The topological polar surface area (TPSA) is 42.3 Å². The summed E-state index contributed by atoms with van der Waals surface area (Å²) < 4.78 is 68.7. The van der Waals surface area contributed by atoms with Crippen LogP contribution in [-0.4, -0.2) is 34.1 Å². The quantitative estimate of drug-likeness (QED) is 0.527. The van der Waals surface area contributed by atoms with Crippen molar-refractivity contribution in [3.05, 3.63) is 57.6 Å². The molecule has 2 aromatic heterocycles. The zero-order chi connectivity index (χ0) is 22.6. The van der Waals surface area contributed by atoms with Crippen LogP contribution < -0.4 is 5.56 Å². The van der Waals surface area contributed by atoms with Gasteiger partial charge in [0.1, 0.15) is 18.0 Å². The molecule has 164 valence electrons. The van der Waals surface area contributed by atoms with Gasteiger partial charge < -0.3 is 9.47 Å². The van der Waals surface area contributed by atoms with E-state index in [0.717, 1.165) is 15.9 Å². The first-order valence-electron chi connectivity index (χ1n) is 9.47. The van der Waals surface area contributed by atoms with E-state index in [0.29, 0.717) is 23.3 Å². The minimum atomic E-state index is -4.88. The Hall–Kier alpha value is -2.75. The number of halogens is 5. The minimum absolute atomic E-state index is 0.0289. The summed E-state index contributed by atoms with van der Waals surface area (Å²) in [5.74, 6) is -1.81. The van der Waals surface area contributed by atoms with Crippen LogP contribution in [0.25, 0.3) is 21.2 Å². The Morgan fingerprint density at radius 2 is 1.94 bits per heavy atom.